The molecule has 0 saturated heterocycles. The topological polar surface area (TPSA) is 29.9 Å². The van der Waals surface area contributed by atoms with E-state index in [4.69, 9.17) is 0 Å². The van der Waals surface area contributed by atoms with Crippen molar-refractivity contribution in [2.45, 2.75) is 26.8 Å². The molecule has 0 aliphatic heterocycles. The van der Waals surface area contributed by atoms with Gasteiger partial charge in [0.2, 0.25) is 5.95 Å². The SMILES string of the molecule is CCCn1cc(C)nc1Nc1cc(F)c(F)cc1F. The van der Waals surface area contributed by atoms with Crippen molar-refractivity contribution in [2.75, 3.05) is 5.32 Å². The molecule has 2 aromatic rings. The third-order valence-electron chi connectivity index (χ3n) is 2.62. The van der Waals surface area contributed by atoms with E-state index in [-0.39, 0.29) is 5.69 Å². The molecular formula is C13H14F3N3. The first-order chi connectivity index (χ1) is 9.01. The second-order valence-corrected chi connectivity index (χ2v) is 4.27. The number of halogens is 3. The minimum Gasteiger partial charge on any atom is -0.323 e. The average molecular weight is 269 g/mol. The molecule has 0 aliphatic carbocycles. The van der Waals surface area contributed by atoms with Crippen molar-refractivity contribution in [1.82, 2.24) is 9.55 Å². The zero-order valence-corrected chi connectivity index (χ0v) is 10.7. The second-order valence-electron chi connectivity index (χ2n) is 4.27. The molecule has 0 atom stereocenters. The third-order valence-corrected chi connectivity index (χ3v) is 2.62. The Morgan fingerprint density at radius 1 is 1.16 bits per heavy atom. The molecule has 0 aliphatic rings. The van der Waals surface area contributed by atoms with Gasteiger partial charge >= 0.3 is 0 Å². The number of nitrogens with zero attached hydrogens (tertiary/aromatic N) is 2. The zero-order valence-electron chi connectivity index (χ0n) is 10.7. The van der Waals surface area contributed by atoms with E-state index in [9.17, 15) is 13.2 Å². The van der Waals surface area contributed by atoms with Crippen LogP contribution in [0.2, 0.25) is 0 Å². The highest BCUT2D eigenvalue weighted by Crippen LogP contribution is 2.22. The van der Waals surface area contributed by atoms with Gasteiger partial charge in [-0.05, 0) is 13.3 Å². The fraction of sp³-hybridized carbons (Fsp3) is 0.308. The molecule has 0 fully saturated rings. The van der Waals surface area contributed by atoms with Gasteiger partial charge < -0.3 is 9.88 Å². The molecule has 0 radical (unpaired) electrons. The Hall–Kier alpha value is -1.98. The maximum absolute atomic E-state index is 13.5. The van der Waals surface area contributed by atoms with Crippen LogP contribution in [0.25, 0.3) is 0 Å². The van der Waals surface area contributed by atoms with Gasteiger partial charge in [0.15, 0.2) is 11.6 Å². The highest BCUT2D eigenvalue weighted by Gasteiger charge is 2.12. The van der Waals surface area contributed by atoms with Crippen LogP contribution in [-0.4, -0.2) is 9.55 Å². The number of rotatable bonds is 4. The Kier molecular flexibility index (Phi) is 3.78. The molecule has 0 amide bonds. The summed E-state index contributed by atoms with van der Waals surface area (Å²) < 4.78 is 41.3. The molecule has 1 aromatic carbocycles. The van der Waals surface area contributed by atoms with Gasteiger partial charge in [-0.15, -0.1) is 0 Å². The van der Waals surface area contributed by atoms with Gasteiger partial charge in [0.1, 0.15) is 5.82 Å². The average Bonchev–Trinajstić information content (AvgIpc) is 2.67. The van der Waals surface area contributed by atoms with Crippen molar-refractivity contribution >= 4 is 11.6 Å². The maximum Gasteiger partial charge on any atom is 0.207 e. The van der Waals surface area contributed by atoms with Gasteiger partial charge in [-0.25, -0.2) is 18.2 Å². The van der Waals surface area contributed by atoms with Crippen molar-refractivity contribution in [1.29, 1.82) is 0 Å². The van der Waals surface area contributed by atoms with E-state index in [1.165, 1.54) is 0 Å². The molecule has 0 unspecified atom stereocenters. The van der Waals surface area contributed by atoms with Gasteiger partial charge in [0.25, 0.3) is 0 Å². The van der Waals surface area contributed by atoms with E-state index >= 15 is 0 Å². The summed E-state index contributed by atoms with van der Waals surface area (Å²) in [6, 6.07) is 1.29. The summed E-state index contributed by atoms with van der Waals surface area (Å²) in [5.74, 6) is -2.77. The maximum atomic E-state index is 13.5. The normalized spacial score (nSPS) is 10.8. The van der Waals surface area contributed by atoms with Gasteiger partial charge in [-0.1, -0.05) is 6.92 Å². The lowest BCUT2D eigenvalue weighted by molar-refractivity contribution is 0.496. The van der Waals surface area contributed by atoms with Crippen molar-refractivity contribution in [2.24, 2.45) is 0 Å². The van der Waals surface area contributed by atoms with Crippen molar-refractivity contribution < 1.29 is 13.2 Å². The van der Waals surface area contributed by atoms with Crippen LogP contribution < -0.4 is 5.32 Å². The Morgan fingerprint density at radius 2 is 1.84 bits per heavy atom. The van der Waals surface area contributed by atoms with E-state index in [0.29, 0.717) is 18.6 Å². The Morgan fingerprint density at radius 3 is 2.53 bits per heavy atom. The minimum atomic E-state index is -1.21. The predicted octanol–water partition coefficient (Wildman–Crippen LogP) is 3.76. The van der Waals surface area contributed by atoms with Crippen LogP contribution in [-0.2, 0) is 6.54 Å². The summed E-state index contributed by atoms with van der Waals surface area (Å²) in [4.78, 5) is 4.19. The zero-order chi connectivity index (χ0) is 14.0. The monoisotopic (exact) mass is 269 g/mol. The fourth-order valence-electron chi connectivity index (χ4n) is 1.80. The number of anilines is 2. The quantitative estimate of drug-likeness (QED) is 0.856. The van der Waals surface area contributed by atoms with Crippen LogP contribution >= 0.6 is 0 Å². The number of hydrogen-bond donors (Lipinski definition) is 1. The highest BCUT2D eigenvalue weighted by atomic mass is 19.2. The number of imidazole rings is 1. The Labute approximate surface area is 109 Å². The molecule has 6 heteroatoms. The molecule has 1 aromatic heterocycles. The standard InChI is InChI=1S/C13H14F3N3/c1-3-4-19-7-8(2)17-13(19)18-12-6-10(15)9(14)5-11(12)16/h5-7H,3-4H2,1-2H3,(H,17,18). The molecule has 102 valence electrons. The van der Waals surface area contributed by atoms with Crippen LogP contribution in [0.1, 0.15) is 19.0 Å². The highest BCUT2D eigenvalue weighted by molar-refractivity contribution is 5.55. The van der Waals surface area contributed by atoms with Crippen molar-refractivity contribution in [3.8, 4) is 0 Å². The summed E-state index contributed by atoms with van der Waals surface area (Å²) in [5, 5.41) is 2.68. The summed E-state index contributed by atoms with van der Waals surface area (Å²) in [6.07, 6.45) is 2.69. The number of benzene rings is 1. The van der Waals surface area contributed by atoms with Gasteiger partial charge in [0, 0.05) is 24.9 Å². The van der Waals surface area contributed by atoms with Crippen LogP contribution in [0.5, 0.6) is 0 Å². The number of nitrogens with one attached hydrogen (secondary N) is 1. The summed E-state index contributed by atoms with van der Waals surface area (Å²) >= 11 is 0. The van der Waals surface area contributed by atoms with Crippen LogP contribution in [0.3, 0.4) is 0 Å². The first kappa shape index (κ1) is 13.5. The third kappa shape index (κ3) is 2.89. The van der Waals surface area contributed by atoms with E-state index in [1.807, 2.05) is 13.1 Å². The number of aryl methyl sites for hydroxylation is 2. The molecule has 1 N–H and O–H groups in total. The lowest BCUT2D eigenvalue weighted by Crippen LogP contribution is -2.04. The van der Waals surface area contributed by atoms with Gasteiger partial charge in [0.05, 0.1) is 11.4 Å². The van der Waals surface area contributed by atoms with E-state index in [2.05, 4.69) is 10.3 Å². The lowest BCUT2D eigenvalue weighted by Gasteiger charge is -2.09. The summed E-state index contributed by atoms with van der Waals surface area (Å²) in [7, 11) is 0. The summed E-state index contributed by atoms with van der Waals surface area (Å²) in [6.45, 7) is 4.50. The first-order valence-corrected chi connectivity index (χ1v) is 5.96. The molecule has 1 heterocycles. The van der Waals surface area contributed by atoms with Crippen LogP contribution in [0, 0.1) is 24.4 Å². The lowest BCUT2D eigenvalue weighted by atomic mass is 10.3. The van der Waals surface area contributed by atoms with E-state index < -0.39 is 17.5 Å². The Balaban J connectivity index is 2.33. The smallest absolute Gasteiger partial charge is 0.207 e. The molecule has 0 bridgehead atoms. The second kappa shape index (κ2) is 5.34. The van der Waals surface area contributed by atoms with Crippen LogP contribution in [0.15, 0.2) is 18.3 Å². The van der Waals surface area contributed by atoms with Gasteiger partial charge in [-0.2, -0.15) is 0 Å². The molecule has 3 nitrogen and oxygen atoms in total. The van der Waals surface area contributed by atoms with E-state index in [0.717, 1.165) is 18.2 Å². The molecule has 2 rings (SSSR count). The van der Waals surface area contributed by atoms with Crippen molar-refractivity contribution in [3.05, 3.63) is 41.5 Å². The van der Waals surface area contributed by atoms with Crippen molar-refractivity contribution in [3.63, 3.8) is 0 Å². The predicted molar refractivity (Wildman–Crippen MR) is 66.9 cm³/mol. The van der Waals surface area contributed by atoms with Gasteiger partial charge in [-0.3, -0.25) is 0 Å². The fourth-order valence-corrected chi connectivity index (χ4v) is 1.80. The van der Waals surface area contributed by atoms with E-state index in [1.54, 1.807) is 11.5 Å². The van der Waals surface area contributed by atoms with Crippen LogP contribution in [0.4, 0.5) is 24.8 Å². The molecular weight excluding hydrogens is 255 g/mol. The summed E-state index contributed by atoms with van der Waals surface area (Å²) in [5.41, 5.74) is 0.626. The first-order valence-electron chi connectivity index (χ1n) is 5.96. The molecule has 0 saturated carbocycles. The number of hydrogen-bond acceptors (Lipinski definition) is 2. The largest absolute Gasteiger partial charge is 0.323 e. The molecule has 19 heavy (non-hydrogen) atoms. The minimum absolute atomic E-state index is 0.137. The molecule has 0 spiro atoms. The Bertz CT molecular complexity index is 593. The number of aromatic nitrogens is 2.